The zero-order chi connectivity index (χ0) is 22.1. The van der Waals surface area contributed by atoms with E-state index in [1.165, 1.54) is 0 Å². The second-order valence-electron chi connectivity index (χ2n) is 8.10. The first-order chi connectivity index (χ1) is 14.2. The summed E-state index contributed by atoms with van der Waals surface area (Å²) in [6.45, 7) is 0.506. The van der Waals surface area contributed by atoms with Crippen LogP contribution in [0.2, 0.25) is 6.32 Å². The molecule has 1 fully saturated rings. The minimum absolute atomic E-state index is 0.00602. The van der Waals surface area contributed by atoms with Crippen LogP contribution in [-0.4, -0.2) is 58.9 Å². The first kappa shape index (κ1) is 24.3. The summed E-state index contributed by atoms with van der Waals surface area (Å²) in [7, 11) is -1.41. The largest absolute Gasteiger partial charge is 0.480 e. The lowest BCUT2D eigenvalue weighted by Crippen LogP contribution is -2.60. The van der Waals surface area contributed by atoms with Gasteiger partial charge in [0.05, 0.1) is 13.2 Å². The smallest absolute Gasteiger partial charge is 0.451 e. The predicted octanol–water partition coefficient (Wildman–Crippen LogP) is -0.292. The van der Waals surface area contributed by atoms with Crippen molar-refractivity contribution in [2.45, 2.75) is 50.2 Å². The van der Waals surface area contributed by atoms with E-state index < -0.39 is 36.5 Å². The molecule has 30 heavy (non-hydrogen) atoms. The molecule has 0 saturated heterocycles. The third kappa shape index (κ3) is 7.07. The monoisotopic (exact) mass is 421 g/mol. The number of carbonyl (C=O) groups excluding carboxylic acids is 1. The second kappa shape index (κ2) is 11.4. The van der Waals surface area contributed by atoms with Gasteiger partial charge >= 0.3 is 13.1 Å². The van der Waals surface area contributed by atoms with Crippen molar-refractivity contribution in [1.82, 2.24) is 5.32 Å². The van der Waals surface area contributed by atoms with Crippen LogP contribution in [0.1, 0.15) is 31.2 Å². The first-order valence-corrected chi connectivity index (χ1v) is 10.3. The molecule has 8 N–H and O–H groups in total. The number of carbonyl (C=O) groups is 2. The fourth-order valence-electron chi connectivity index (χ4n) is 3.93. The average molecular weight is 421 g/mol. The van der Waals surface area contributed by atoms with Gasteiger partial charge in [0.1, 0.15) is 11.6 Å². The maximum absolute atomic E-state index is 12.3. The Hall–Kier alpha value is -1.98. The Bertz CT molecular complexity index is 692. The van der Waals surface area contributed by atoms with Gasteiger partial charge in [0.15, 0.2) is 0 Å². The van der Waals surface area contributed by atoms with Crippen LogP contribution in [0.15, 0.2) is 30.3 Å². The quantitative estimate of drug-likeness (QED) is 0.265. The molecule has 1 aliphatic carbocycles. The van der Waals surface area contributed by atoms with E-state index in [-0.39, 0.29) is 31.8 Å². The number of amides is 1. The molecule has 0 aliphatic heterocycles. The van der Waals surface area contributed by atoms with Gasteiger partial charge in [-0.15, -0.1) is 0 Å². The summed E-state index contributed by atoms with van der Waals surface area (Å²) >= 11 is 0. The van der Waals surface area contributed by atoms with Crippen LogP contribution in [-0.2, 0) is 20.9 Å². The van der Waals surface area contributed by atoms with E-state index in [0.29, 0.717) is 25.9 Å². The normalized spacial score (nSPS) is 24.8. The molecule has 1 aromatic carbocycles. The Kier molecular flexibility index (Phi) is 9.25. The maximum Gasteiger partial charge on any atom is 0.451 e. The fraction of sp³-hybridized carbons (Fsp3) is 0.600. The van der Waals surface area contributed by atoms with E-state index in [9.17, 15) is 14.7 Å². The molecular weight excluding hydrogens is 389 g/mol. The van der Waals surface area contributed by atoms with Crippen molar-refractivity contribution in [2.24, 2.45) is 23.3 Å². The molecule has 1 amide bonds. The lowest BCUT2D eigenvalue weighted by atomic mass is 9.66. The Morgan fingerprint density at radius 2 is 1.97 bits per heavy atom. The standard InChI is InChI=1S/C20H32BN3O6/c22-17(13-30-12-15-4-2-1-3-5-15)18(25)24-11-16-7-6-14(8-9-21(28)29)10-20(16,23)19(26)27/h1-5,14,16-17,28-29H,6-13,22-23H2,(H,24,25)(H,26,27)/t14-,16-,17-,20+/m0/s1. The van der Waals surface area contributed by atoms with Gasteiger partial charge in [-0.2, -0.15) is 0 Å². The summed E-state index contributed by atoms with van der Waals surface area (Å²) in [5.41, 5.74) is 11.6. The lowest BCUT2D eigenvalue weighted by Gasteiger charge is -2.41. The average Bonchev–Trinajstić information content (AvgIpc) is 2.71. The van der Waals surface area contributed by atoms with E-state index in [0.717, 1.165) is 5.56 Å². The number of nitrogens with two attached hydrogens (primary N) is 2. The third-order valence-electron chi connectivity index (χ3n) is 5.78. The summed E-state index contributed by atoms with van der Waals surface area (Å²) < 4.78 is 5.49. The van der Waals surface area contributed by atoms with Gasteiger partial charge in [-0.1, -0.05) is 36.8 Å². The van der Waals surface area contributed by atoms with Gasteiger partial charge in [0.2, 0.25) is 5.91 Å². The third-order valence-corrected chi connectivity index (χ3v) is 5.78. The van der Waals surface area contributed by atoms with Crippen molar-refractivity contribution in [3.63, 3.8) is 0 Å². The minimum Gasteiger partial charge on any atom is -0.480 e. The number of hydrogen-bond donors (Lipinski definition) is 6. The molecule has 1 aromatic rings. The summed E-state index contributed by atoms with van der Waals surface area (Å²) in [5.74, 6) is -1.98. The fourth-order valence-corrected chi connectivity index (χ4v) is 3.93. The highest BCUT2D eigenvalue weighted by Crippen LogP contribution is 2.38. The molecule has 0 aromatic heterocycles. The number of nitrogens with one attached hydrogen (secondary N) is 1. The number of ether oxygens (including phenoxy) is 1. The molecule has 9 nitrogen and oxygen atoms in total. The molecule has 0 bridgehead atoms. The van der Waals surface area contributed by atoms with Crippen molar-refractivity contribution >= 4 is 19.0 Å². The van der Waals surface area contributed by atoms with Gasteiger partial charge < -0.3 is 36.7 Å². The molecule has 166 valence electrons. The van der Waals surface area contributed by atoms with Crippen LogP contribution in [0.25, 0.3) is 0 Å². The van der Waals surface area contributed by atoms with Crippen molar-refractivity contribution in [1.29, 1.82) is 0 Å². The summed E-state index contributed by atoms with van der Waals surface area (Å²) in [6, 6.07) is 8.65. The Labute approximate surface area is 176 Å². The Balaban J connectivity index is 1.80. The lowest BCUT2D eigenvalue weighted by molar-refractivity contribution is -0.148. The van der Waals surface area contributed by atoms with Crippen LogP contribution in [0.3, 0.4) is 0 Å². The van der Waals surface area contributed by atoms with E-state index >= 15 is 0 Å². The van der Waals surface area contributed by atoms with Crippen LogP contribution in [0, 0.1) is 11.8 Å². The van der Waals surface area contributed by atoms with Gasteiger partial charge in [-0.05, 0) is 37.1 Å². The van der Waals surface area contributed by atoms with Crippen molar-refractivity contribution < 1.29 is 29.5 Å². The molecule has 4 atom stereocenters. The molecule has 0 heterocycles. The van der Waals surface area contributed by atoms with E-state index in [1.807, 2.05) is 30.3 Å². The highest BCUT2D eigenvalue weighted by atomic mass is 16.5. The molecule has 0 unspecified atom stereocenters. The van der Waals surface area contributed by atoms with Gasteiger partial charge in [0.25, 0.3) is 0 Å². The first-order valence-electron chi connectivity index (χ1n) is 10.3. The number of benzene rings is 1. The zero-order valence-corrected chi connectivity index (χ0v) is 17.1. The Morgan fingerprint density at radius 3 is 2.60 bits per heavy atom. The van der Waals surface area contributed by atoms with Crippen molar-refractivity contribution in [2.75, 3.05) is 13.2 Å². The molecule has 0 radical (unpaired) electrons. The topological polar surface area (TPSA) is 168 Å². The molecule has 1 aliphatic rings. The van der Waals surface area contributed by atoms with Crippen LogP contribution in [0.5, 0.6) is 0 Å². The molecule has 10 heteroatoms. The van der Waals surface area contributed by atoms with E-state index in [1.54, 1.807) is 0 Å². The van der Waals surface area contributed by atoms with Gasteiger partial charge in [-0.25, -0.2) is 0 Å². The Morgan fingerprint density at radius 1 is 1.27 bits per heavy atom. The van der Waals surface area contributed by atoms with Crippen LogP contribution < -0.4 is 16.8 Å². The minimum atomic E-state index is -1.48. The van der Waals surface area contributed by atoms with Gasteiger partial charge in [-0.3, -0.25) is 9.59 Å². The summed E-state index contributed by atoms with van der Waals surface area (Å²) in [4.78, 5) is 24.1. The highest BCUT2D eigenvalue weighted by molar-refractivity contribution is 6.40. The number of rotatable bonds is 11. The predicted molar refractivity (Wildman–Crippen MR) is 112 cm³/mol. The van der Waals surface area contributed by atoms with E-state index in [2.05, 4.69) is 5.32 Å². The molecule has 2 rings (SSSR count). The van der Waals surface area contributed by atoms with Crippen LogP contribution >= 0.6 is 0 Å². The van der Waals surface area contributed by atoms with Crippen molar-refractivity contribution in [3.8, 4) is 0 Å². The highest BCUT2D eigenvalue weighted by Gasteiger charge is 2.47. The van der Waals surface area contributed by atoms with E-state index in [4.69, 9.17) is 26.3 Å². The zero-order valence-electron chi connectivity index (χ0n) is 17.1. The number of carboxylic acids is 1. The maximum atomic E-state index is 12.3. The van der Waals surface area contributed by atoms with Crippen molar-refractivity contribution in [3.05, 3.63) is 35.9 Å². The number of aliphatic carboxylic acids is 1. The SMILES string of the molecule is N[C@@H](COCc1ccccc1)C(=O)NC[C@@H]1CC[C@@H](CCB(O)O)C[C@]1(N)C(=O)O. The van der Waals surface area contributed by atoms with Crippen LogP contribution in [0.4, 0.5) is 0 Å². The summed E-state index contributed by atoms with van der Waals surface area (Å²) in [6.07, 6.45) is 2.13. The number of hydrogen-bond acceptors (Lipinski definition) is 7. The number of carboxylic acid groups (broad SMARTS) is 1. The molecule has 0 spiro atoms. The molecular formula is C20H32BN3O6. The summed E-state index contributed by atoms with van der Waals surface area (Å²) in [5, 5.41) is 30.5. The molecule has 1 saturated carbocycles. The second-order valence-corrected chi connectivity index (χ2v) is 8.10. The van der Waals surface area contributed by atoms with Gasteiger partial charge in [0, 0.05) is 12.5 Å².